The van der Waals surface area contributed by atoms with Gasteiger partial charge in [0.25, 0.3) is 0 Å². The minimum absolute atomic E-state index is 0.0111. The van der Waals surface area contributed by atoms with Crippen molar-refractivity contribution in [3.05, 3.63) is 22.3 Å². The largest absolute Gasteiger partial charge is 0.462 e. The van der Waals surface area contributed by atoms with Gasteiger partial charge in [-0.3, -0.25) is 0 Å². The molecule has 0 amide bonds. The lowest BCUT2D eigenvalue weighted by molar-refractivity contribution is 0.0527. The molecule has 18 heavy (non-hydrogen) atoms. The van der Waals surface area contributed by atoms with Crippen molar-refractivity contribution in [3.8, 4) is 12.1 Å². The van der Waals surface area contributed by atoms with Crippen LogP contribution in [0.1, 0.15) is 34.0 Å². The van der Waals surface area contributed by atoms with Crippen LogP contribution in [-0.4, -0.2) is 12.6 Å². The van der Waals surface area contributed by atoms with E-state index in [1.807, 2.05) is 6.07 Å². The van der Waals surface area contributed by atoms with Crippen molar-refractivity contribution in [3.63, 3.8) is 0 Å². The predicted molar refractivity (Wildman–Crippen MR) is 65.4 cm³/mol. The van der Waals surface area contributed by atoms with E-state index in [-0.39, 0.29) is 34.7 Å². The van der Waals surface area contributed by atoms with Gasteiger partial charge in [0.15, 0.2) is 0 Å². The monoisotopic (exact) mass is 244 g/mol. The summed E-state index contributed by atoms with van der Waals surface area (Å²) in [4.78, 5) is 11.8. The number of hydrogen-bond donors (Lipinski definition) is 2. The average molecular weight is 244 g/mol. The molecule has 6 heteroatoms. The zero-order valence-corrected chi connectivity index (χ0v) is 10.1. The fourth-order valence-electron chi connectivity index (χ4n) is 1.65. The molecular weight excluding hydrogens is 232 g/mol. The first-order valence-electron chi connectivity index (χ1n) is 5.18. The molecule has 1 aromatic carbocycles. The number of carbonyl (C=O) groups excluding carboxylic acids is 1. The highest BCUT2D eigenvalue weighted by molar-refractivity contribution is 6.01. The summed E-state index contributed by atoms with van der Waals surface area (Å²) in [6, 6.07) is 3.66. The Morgan fingerprint density at radius 2 is 1.78 bits per heavy atom. The van der Waals surface area contributed by atoms with Crippen LogP contribution >= 0.6 is 0 Å². The smallest absolute Gasteiger partial charge is 0.340 e. The van der Waals surface area contributed by atoms with E-state index in [2.05, 4.69) is 0 Å². The second kappa shape index (κ2) is 5.07. The van der Waals surface area contributed by atoms with Crippen LogP contribution in [0.15, 0.2) is 0 Å². The number of rotatable bonds is 2. The summed E-state index contributed by atoms with van der Waals surface area (Å²) < 4.78 is 4.85. The van der Waals surface area contributed by atoms with E-state index in [4.69, 9.17) is 26.7 Å². The van der Waals surface area contributed by atoms with E-state index < -0.39 is 5.97 Å². The van der Waals surface area contributed by atoms with E-state index in [0.29, 0.717) is 5.56 Å². The Balaban J connectivity index is 3.69. The highest BCUT2D eigenvalue weighted by Crippen LogP contribution is 2.31. The van der Waals surface area contributed by atoms with Crippen molar-refractivity contribution >= 4 is 17.3 Å². The van der Waals surface area contributed by atoms with E-state index in [0.717, 1.165) is 0 Å². The molecule has 0 aromatic heterocycles. The minimum atomic E-state index is -0.666. The van der Waals surface area contributed by atoms with Crippen LogP contribution < -0.4 is 11.5 Å². The van der Waals surface area contributed by atoms with Crippen molar-refractivity contribution in [2.45, 2.75) is 13.8 Å². The van der Waals surface area contributed by atoms with E-state index in [9.17, 15) is 4.79 Å². The summed E-state index contributed by atoms with van der Waals surface area (Å²) >= 11 is 0. The molecular formula is C12H12N4O2. The Morgan fingerprint density at radius 3 is 2.22 bits per heavy atom. The molecule has 92 valence electrons. The molecule has 0 atom stereocenters. The number of benzene rings is 1. The van der Waals surface area contributed by atoms with Gasteiger partial charge in [-0.05, 0) is 19.4 Å². The molecule has 0 spiro atoms. The maximum Gasteiger partial charge on any atom is 0.340 e. The number of nitrogens with zero attached hydrogens (tertiary/aromatic N) is 2. The van der Waals surface area contributed by atoms with Crippen LogP contribution in [0.25, 0.3) is 0 Å². The predicted octanol–water partition coefficient (Wildman–Crippen LogP) is 1.08. The lowest BCUT2D eigenvalue weighted by Crippen LogP contribution is -2.14. The molecule has 0 unspecified atom stereocenters. The Hall–Kier alpha value is -2.73. The highest BCUT2D eigenvalue weighted by atomic mass is 16.5. The van der Waals surface area contributed by atoms with Crippen LogP contribution in [0.4, 0.5) is 11.4 Å². The molecule has 0 bridgehead atoms. The van der Waals surface area contributed by atoms with Crippen molar-refractivity contribution in [2.75, 3.05) is 18.1 Å². The van der Waals surface area contributed by atoms with Crippen molar-refractivity contribution < 1.29 is 9.53 Å². The number of anilines is 2. The van der Waals surface area contributed by atoms with Gasteiger partial charge in [0.2, 0.25) is 0 Å². The van der Waals surface area contributed by atoms with E-state index in [1.165, 1.54) is 0 Å². The van der Waals surface area contributed by atoms with Gasteiger partial charge in [-0.25, -0.2) is 4.79 Å². The van der Waals surface area contributed by atoms with Gasteiger partial charge in [-0.1, -0.05) is 0 Å². The SMILES string of the molecule is CCOC(=O)c1c(C)c(C#N)c(N)c(C#N)c1N. The number of nitrogens with two attached hydrogens (primary N) is 2. The summed E-state index contributed by atoms with van der Waals surface area (Å²) in [5.41, 5.74) is 11.7. The van der Waals surface area contributed by atoms with Crippen LogP contribution in [-0.2, 0) is 4.74 Å². The molecule has 0 fully saturated rings. The zero-order valence-electron chi connectivity index (χ0n) is 10.1. The van der Waals surface area contributed by atoms with Gasteiger partial charge < -0.3 is 16.2 Å². The van der Waals surface area contributed by atoms with Crippen LogP contribution in [0, 0.1) is 29.6 Å². The molecule has 0 aliphatic heterocycles. The summed E-state index contributed by atoms with van der Waals surface area (Å²) in [7, 11) is 0. The van der Waals surface area contributed by atoms with Gasteiger partial charge in [-0.2, -0.15) is 10.5 Å². The molecule has 0 aliphatic rings. The van der Waals surface area contributed by atoms with Gasteiger partial charge >= 0.3 is 5.97 Å². The van der Waals surface area contributed by atoms with Crippen molar-refractivity contribution in [1.82, 2.24) is 0 Å². The van der Waals surface area contributed by atoms with Crippen molar-refractivity contribution in [1.29, 1.82) is 10.5 Å². The summed E-state index contributed by atoms with van der Waals surface area (Å²) in [6.45, 7) is 3.36. The third-order valence-corrected chi connectivity index (χ3v) is 2.53. The molecule has 1 rings (SSSR count). The number of ether oxygens (including phenoxy) is 1. The molecule has 0 heterocycles. The average Bonchev–Trinajstić information content (AvgIpc) is 2.30. The minimum Gasteiger partial charge on any atom is -0.462 e. The number of carbonyl (C=O) groups is 1. The highest BCUT2D eigenvalue weighted by Gasteiger charge is 2.23. The molecule has 0 radical (unpaired) electrons. The number of esters is 1. The summed E-state index contributed by atoms with van der Waals surface area (Å²) in [5.74, 6) is -0.666. The van der Waals surface area contributed by atoms with Crippen LogP contribution in [0.3, 0.4) is 0 Å². The van der Waals surface area contributed by atoms with Gasteiger partial charge in [0, 0.05) is 0 Å². The lowest BCUT2D eigenvalue weighted by atomic mass is 9.95. The fraction of sp³-hybridized carbons (Fsp3) is 0.250. The quantitative estimate of drug-likeness (QED) is 0.592. The number of nitrogen functional groups attached to an aromatic ring is 2. The first-order valence-corrected chi connectivity index (χ1v) is 5.18. The van der Waals surface area contributed by atoms with E-state index in [1.54, 1.807) is 19.9 Å². The third-order valence-electron chi connectivity index (χ3n) is 2.53. The second-order valence-corrected chi connectivity index (χ2v) is 3.52. The van der Waals surface area contributed by atoms with E-state index >= 15 is 0 Å². The topological polar surface area (TPSA) is 126 Å². The summed E-state index contributed by atoms with van der Waals surface area (Å²) in [5, 5.41) is 18.0. The Bertz CT molecular complexity index is 553. The molecule has 1 aromatic rings. The molecule has 0 aliphatic carbocycles. The van der Waals surface area contributed by atoms with Gasteiger partial charge in [-0.15, -0.1) is 0 Å². The maximum atomic E-state index is 11.8. The maximum absolute atomic E-state index is 11.8. The second-order valence-electron chi connectivity index (χ2n) is 3.52. The Morgan fingerprint density at radius 1 is 1.22 bits per heavy atom. The standard InChI is InChI=1S/C12H12N4O2/c1-3-18-12(17)9-6(2)7(4-13)10(15)8(5-14)11(9)16/h3,15-16H2,1-2H3. The first kappa shape index (κ1) is 13.3. The normalized spacial score (nSPS) is 9.33. The molecule has 0 saturated heterocycles. The Kier molecular flexibility index (Phi) is 3.75. The van der Waals surface area contributed by atoms with Gasteiger partial charge in [0.1, 0.15) is 17.7 Å². The molecule has 4 N–H and O–H groups in total. The number of hydrogen-bond acceptors (Lipinski definition) is 6. The van der Waals surface area contributed by atoms with Crippen LogP contribution in [0.5, 0.6) is 0 Å². The Labute approximate surface area is 104 Å². The molecule has 0 saturated carbocycles. The van der Waals surface area contributed by atoms with Gasteiger partial charge in [0.05, 0.1) is 29.1 Å². The fourth-order valence-corrected chi connectivity index (χ4v) is 1.65. The zero-order chi connectivity index (χ0) is 13.9. The third kappa shape index (κ3) is 1.92. The lowest BCUT2D eigenvalue weighted by Gasteiger charge is -2.13. The van der Waals surface area contributed by atoms with Crippen molar-refractivity contribution in [2.24, 2.45) is 0 Å². The summed E-state index contributed by atoms with van der Waals surface area (Å²) in [6.07, 6.45) is 0. The first-order chi connectivity index (χ1) is 8.49. The number of nitriles is 2. The molecule has 6 nitrogen and oxygen atoms in total. The van der Waals surface area contributed by atoms with Crippen LogP contribution in [0.2, 0.25) is 0 Å².